The number of oxime groups is 1. The van der Waals surface area contributed by atoms with E-state index in [0.29, 0.717) is 17.3 Å². The minimum atomic E-state index is -4.68. The molecule has 0 atom stereocenters. The van der Waals surface area contributed by atoms with Crippen LogP contribution in [-0.2, 0) is 24.7 Å². The van der Waals surface area contributed by atoms with Gasteiger partial charge in [-0.25, -0.2) is 9.18 Å². The van der Waals surface area contributed by atoms with Crippen LogP contribution in [0, 0.1) is 12.7 Å². The van der Waals surface area contributed by atoms with Gasteiger partial charge in [-0.1, -0.05) is 24.2 Å². The van der Waals surface area contributed by atoms with Crippen LogP contribution in [-0.4, -0.2) is 25.5 Å². The van der Waals surface area contributed by atoms with Crippen molar-refractivity contribution in [2.45, 2.75) is 33.1 Å². The molecule has 3 aromatic rings. The van der Waals surface area contributed by atoms with Crippen LogP contribution in [0.2, 0.25) is 0 Å². The number of alkyl halides is 3. The molecule has 0 unspecified atom stereocenters. The second kappa shape index (κ2) is 8.70. The van der Waals surface area contributed by atoms with E-state index in [2.05, 4.69) is 15.6 Å². The molecule has 0 aliphatic heterocycles. The first-order valence-corrected chi connectivity index (χ1v) is 9.26. The van der Waals surface area contributed by atoms with E-state index in [1.165, 1.54) is 7.05 Å². The van der Waals surface area contributed by atoms with Crippen LogP contribution in [0.3, 0.4) is 0 Å². The lowest BCUT2D eigenvalue weighted by atomic mass is 10.0. The maximum atomic E-state index is 13.7. The van der Waals surface area contributed by atoms with Crippen LogP contribution in [0.5, 0.6) is 0 Å². The maximum absolute atomic E-state index is 13.7. The second-order valence-electron chi connectivity index (χ2n) is 6.76. The number of hydrogen-bond acceptors (Lipinski definition) is 5. The number of benzene rings is 2. The van der Waals surface area contributed by atoms with E-state index in [0.717, 1.165) is 27.1 Å². The Morgan fingerprint density at radius 2 is 1.94 bits per heavy atom. The monoisotopic (exact) mass is 437 g/mol. The zero-order valence-electron chi connectivity index (χ0n) is 16.9. The van der Waals surface area contributed by atoms with Gasteiger partial charge in [0.15, 0.2) is 0 Å². The fourth-order valence-electron chi connectivity index (χ4n) is 2.95. The Bertz CT molecular complexity index is 1180. The average Bonchev–Trinajstić information content (AvgIpc) is 3.03. The maximum Gasteiger partial charge on any atom is 0.416 e. The molecule has 0 amide bonds. The third-order valence-electron chi connectivity index (χ3n) is 4.61. The van der Waals surface area contributed by atoms with Gasteiger partial charge in [0.25, 0.3) is 0 Å². The summed E-state index contributed by atoms with van der Waals surface area (Å²) in [6, 6.07) is 7.42. The molecule has 164 valence electrons. The number of hydrogen-bond donors (Lipinski definition) is 0. The van der Waals surface area contributed by atoms with E-state index in [-0.39, 0.29) is 24.3 Å². The third kappa shape index (κ3) is 4.81. The molecule has 0 radical (unpaired) electrons. The topological polar surface area (TPSA) is 74.3 Å². The van der Waals surface area contributed by atoms with Crippen molar-refractivity contribution in [1.82, 2.24) is 19.8 Å². The smallest absolute Gasteiger partial charge is 0.391 e. The zero-order valence-corrected chi connectivity index (χ0v) is 16.9. The van der Waals surface area contributed by atoms with Crippen LogP contribution < -0.4 is 5.69 Å². The Morgan fingerprint density at radius 3 is 2.55 bits per heavy atom. The highest BCUT2D eigenvalue weighted by molar-refractivity contribution is 6.00. The summed E-state index contributed by atoms with van der Waals surface area (Å²) < 4.78 is 54.9. The molecular weight excluding hydrogens is 418 g/mol. The number of tetrazole rings is 1. The fourth-order valence-corrected chi connectivity index (χ4v) is 2.95. The van der Waals surface area contributed by atoms with Gasteiger partial charge in [-0.05, 0) is 53.6 Å². The van der Waals surface area contributed by atoms with Gasteiger partial charge < -0.3 is 4.84 Å². The summed E-state index contributed by atoms with van der Waals surface area (Å²) in [4.78, 5) is 17.6. The molecule has 0 saturated carbocycles. The van der Waals surface area contributed by atoms with Gasteiger partial charge in [-0.2, -0.15) is 22.5 Å². The molecule has 2 aromatic carbocycles. The predicted octanol–water partition coefficient (Wildman–Crippen LogP) is 3.76. The molecule has 0 aliphatic rings. The molecule has 0 bridgehead atoms. The van der Waals surface area contributed by atoms with Crippen molar-refractivity contribution in [3.63, 3.8) is 0 Å². The summed E-state index contributed by atoms with van der Waals surface area (Å²) in [6.45, 7) is 3.38. The summed E-state index contributed by atoms with van der Waals surface area (Å²) in [6.07, 6.45) is -4.47. The predicted molar refractivity (Wildman–Crippen MR) is 104 cm³/mol. The molecule has 0 N–H and O–H groups in total. The molecule has 0 spiro atoms. The normalized spacial score (nSPS) is 12.3. The highest BCUT2D eigenvalue weighted by Crippen LogP contribution is 2.30. The zero-order chi connectivity index (χ0) is 22.8. The third-order valence-corrected chi connectivity index (χ3v) is 4.61. The van der Waals surface area contributed by atoms with Crippen LogP contribution in [0.15, 0.2) is 46.3 Å². The van der Waals surface area contributed by atoms with Crippen molar-refractivity contribution in [2.75, 3.05) is 0 Å². The highest BCUT2D eigenvalue weighted by atomic mass is 19.4. The van der Waals surface area contributed by atoms with Crippen LogP contribution in [0.4, 0.5) is 17.6 Å². The minimum Gasteiger partial charge on any atom is -0.391 e. The Morgan fingerprint density at radius 1 is 1.19 bits per heavy atom. The van der Waals surface area contributed by atoms with E-state index in [1.807, 2.05) is 0 Å². The largest absolute Gasteiger partial charge is 0.416 e. The number of nitrogens with zero attached hydrogens (tertiary/aromatic N) is 5. The molecule has 31 heavy (non-hydrogen) atoms. The number of aryl methyl sites for hydroxylation is 2. The quantitative estimate of drug-likeness (QED) is 0.334. The summed E-state index contributed by atoms with van der Waals surface area (Å²) in [5.41, 5.74) is 0.391. The van der Waals surface area contributed by atoms with Gasteiger partial charge >= 0.3 is 11.9 Å². The van der Waals surface area contributed by atoms with E-state index in [1.54, 1.807) is 32.0 Å². The van der Waals surface area contributed by atoms with Gasteiger partial charge in [-0.15, -0.1) is 0 Å². The van der Waals surface area contributed by atoms with Crippen LogP contribution in [0.1, 0.15) is 35.6 Å². The van der Waals surface area contributed by atoms with Gasteiger partial charge in [0.1, 0.15) is 12.4 Å². The van der Waals surface area contributed by atoms with Gasteiger partial charge in [0, 0.05) is 18.2 Å². The first-order valence-electron chi connectivity index (χ1n) is 9.26. The van der Waals surface area contributed by atoms with Crippen molar-refractivity contribution < 1.29 is 22.4 Å². The molecule has 11 heteroatoms. The Balaban J connectivity index is 1.91. The van der Waals surface area contributed by atoms with Crippen molar-refractivity contribution in [3.05, 3.63) is 75.0 Å². The van der Waals surface area contributed by atoms with Crippen molar-refractivity contribution in [1.29, 1.82) is 0 Å². The van der Waals surface area contributed by atoms with E-state index >= 15 is 0 Å². The fraction of sp³-hybridized carbons (Fsp3) is 0.300. The first-order chi connectivity index (χ1) is 14.6. The van der Waals surface area contributed by atoms with Crippen LogP contribution in [0.25, 0.3) is 5.69 Å². The molecule has 3 rings (SSSR count). The number of aromatic nitrogens is 4. The Labute approximate surface area is 174 Å². The summed E-state index contributed by atoms with van der Waals surface area (Å²) >= 11 is 0. The minimum absolute atomic E-state index is 0.0232. The Hall–Kier alpha value is -3.50. The molecule has 0 aliphatic carbocycles. The highest BCUT2D eigenvalue weighted by Gasteiger charge is 2.31. The van der Waals surface area contributed by atoms with Crippen molar-refractivity contribution >= 4 is 5.71 Å². The number of halogens is 4. The van der Waals surface area contributed by atoms with E-state index in [4.69, 9.17) is 4.84 Å². The number of rotatable bonds is 6. The summed E-state index contributed by atoms with van der Waals surface area (Å²) in [5, 5.41) is 11.4. The van der Waals surface area contributed by atoms with Crippen LogP contribution >= 0.6 is 0 Å². The second-order valence-corrected chi connectivity index (χ2v) is 6.76. The van der Waals surface area contributed by atoms with Crippen molar-refractivity contribution in [2.24, 2.45) is 12.2 Å². The lowest BCUT2D eigenvalue weighted by molar-refractivity contribution is -0.137. The molecule has 7 nitrogen and oxygen atoms in total. The Kier molecular flexibility index (Phi) is 6.23. The summed E-state index contributed by atoms with van der Waals surface area (Å²) in [5.74, 6) is -1.02. The average molecular weight is 437 g/mol. The molecule has 1 aromatic heterocycles. The van der Waals surface area contributed by atoms with E-state index < -0.39 is 23.2 Å². The first kappa shape index (κ1) is 22.2. The molecule has 0 fully saturated rings. The molecular formula is C20H19F4N5O2. The lowest BCUT2D eigenvalue weighted by Gasteiger charge is -2.12. The van der Waals surface area contributed by atoms with Gasteiger partial charge in [0.05, 0.1) is 17.0 Å². The van der Waals surface area contributed by atoms with Gasteiger partial charge in [-0.3, -0.25) is 0 Å². The standard InChI is InChI=1S/C20H19F4N5O2/c1-4-17(13-8-14(20(22,23)24)10-15(21)9-13)25-31-11-16-12(2)6-5-7-18(16)29-19(30)28(3)26-27-29/h5-10H,4,11H2,1-3H3/b25-17+. The SMILES string of the molecule is CC/C(=N\OCc1c(C)cccc1-n1nnn(C)c1=O)c1cc(F)cc(C(F)(F)F)c1. The summed E-state index contributed by atoms with van der Waals surface area (Å²) in [7, 11) is 1.46. The lowest BCUT2D eigenvalue weighted by Crippen LogP contribution is -2.23. The molecule has 1 heterocycles. The van der Waals surface area contributed by atoms with Gasteiger partial charge in [0.2, 0.25) is 0 Å². The van der Waals surface area contributed by atoms with Crippen molar-refractivity contribution in [3.8, 4) is 5.69 Å². The van der Waals surface area contributed by atoms with E-state index in [9.17, 15) is 22.4 Å². The molecule has 0 saturated heterocycles.